The van der Waals surface area contributed by atoms with Crippen LogP contribution in [0.3, 0.4) is 0 Å². The molecule has 0 spiro atoms. The van der Waals surface area contributed by atoms with E-state index >= 15 is 0 Å². The van der Waals surface area contributed by atoms with Crippen molar-refractivity contribution in [3.05, 3.63) is 41.5 Å². The minimum Gasteiger partial charge on any atom is -0.217 e. The number of hydrogen-bond acceptors (Lipinski definition) is 2. The Bertz CT molecular complexity index is 527. The van der Waals surface area contributed by atoms with E-state index in [0.29, 0.717) is 5.69 Å². The van der Waals surface area contributed by atoms with Crippen LogP contribution in [0.25, 0.3) is 5.69 Å². The molecule has 1 aromatic heterocycles. The van der Waals surface area contributed by atoms with Crippen molar-refractivity contribution >= 4 is 11.6 Å². The van der Waals surface area contributed by atoms with Gasteiger partial charge in [-0.25, -0.2) is 17.9 Å². The molecular weight excluding hydrogens is 243 g/mol. The maximum atomic E-state index is 13.3. The number of hydrogen-bond donors (Lipinski definition) is 0. The molecule has 1 aromatic carbocycles. The number of benzene rings is 1. The van der Waals surface area contributed by atoms with Crippen LogP contribution in [0.4, 0.5) is 13.2 Å². The molecule has 84 valence electrons. The molecule has 1 heterocycles. The monoisotopic (exact) mass is 247 g/mol. The van der Waals surface area contributed by atoms with E-state index in [1.54, 1.807) is 0 Å². The molecule has 0 fully saturated rings. The van der Waals surface area contributed by atoms with Crippen molar-refractivity contribution in [3.63, 3.8) is 0 Å². The average Bonchev–Trinajstić information content (AvgIpc) is 2.74. The third-order valence-electron chi connectivity index (χ3n) is 1.94. The zero-order chi connectivity index (χ0) is 11.7. The van der Waals surface area contributed by atoms with E-state index in [-0.39, 0.29) is 11.6 Å². The standard InChI is InChI=1S/C9H5ClF3N3/c10-3-5-4-16(15-14-5)7-2-1-6(11)8(12)9(7)13/h1-2,4H,3H2. The molecule has 0 saturated carbocycles. The van der Waals surface area contributed by atoms with Gasteiger partial charge in [0.15, 0.2) is 17.5 Å². The summed E-state index contributed by atoms with van der Waals surface area (Å²) in [7, 11) is 0. The summed E-state index contributed by atoms with van der Waals surface area (Å²) < 4.78 is 39.9. The van der Waals surface area contributed by atoms with Crippen LogP contribution < -0.4 is 0 Å². The Morgan fingerprint density at radius 1 is 1.19 bits per heavy atom. The molecule has 2 aromatic rings. The van der Waals surface area contributed by atoms with Gasteiger partial charge in [-0.3, -0.25) is 0 Å². The molecule has 0 unspecified atom stereocenters. The quantitative estimate of drug-likeness (QED) is 0.603. The molecule has 0 saturated heterocycles. The van der Waals surface area contributed by atoms with Gasteiger partial charge in [-0.15, -0.1) is 16.7 Å². The lowest BCUT2D eigenvalue weighted by Crippen LogP contribution is -2.02. The van der Waals surface area contributed by atoms with E-state index < -0.39 is 17.5 Å². The average molecular weight is 248 g/mol. The highest BCUT2D eigenvalue weighted by Crippen LogP contribution is 2.18. The highest BCUT2D eigenvalue weighted by Gasteiger charge is 2.15. The number of halogens is 4. The number of rotatable bonds is 2. The molecule has 16 heavy (non-hydrogen) atoms. The largest absolute Gasteiger partial charge is 0.217 e. The molecule has 2 rings (SSSR count). The lowest BCUT2D eigenvalue weighted by molar-refractivity contribution is 0.442. The van der Waals surface area contributed by atoms with Crippen molar-refractivity contribution in [1.82, 2.24) is 15.0 Å². The molecule has 7 heteroatoms. The zero-order valence-corrected chi connectivity index (χ0v) is 8.55. The highest BCUT2D eigenvalue weighted by molar-refractivity contribution is 6.16. The highest BCUT2D eigenvalue weighted by atomic mass is 35.5. The van der Waals surface area contributed by atoms with Crippen LogP contribution in [0.1, 0.15) is 5.69 Å². The van der Waals surface area contributed by atoms with Gasteiger partial charge in [-0.2, -0.15) is 0 Å². The van der Waals surface area contributed by atoms with E-state index in [1.807, 2.05) is 0 Å². The Morgan fingerprint density at radius 3 is 2.56 bits per heavy atom. The maximum Gasteiger partial charge on any atom is 0.196 e. The molecule has 0 radical (unpaired) electrons. The molecule has 0 N–H and O–H groups in total. The van der Waals surface area contributed by atoms with Gasteiger partial charge in [0.2, 0.25) is 0 Å². The topological polar surface area (TPSA) is 30.7 Å². The Labute approximate surface area is 93.4 Å². The van der Waals surface area contributed by atoms with Crippen LogP contribution in [-0.4, -0.2) is 15.0 Å². The third-order valence-corrected chi connectivity index (χ3v) is 2.21. The van der Waals surface area contributed by atoms with E-state index in [1.165, 1.54) is 6.20 Å². The van der Waals surface area contributed by atoms with Crippen molar-refractivity contribution < 1.29 is 13.2 Å². The lowest BCUT2D eigenvalue weighted by Gasteiger charge is -2.02. The maximum absolute atomic E-state index is 13.3. The Kier molecular flexibility index (Phi) is 2.82. The summed E-state index contributed by atoms with van der Waals surface area (Å²) in [6, 6.07) is 1.89. The SMILES string of the molecule is Fc1ccc(-n2cc(CCl)nn2)c(F)c1F. The first kappa shape index (κ1) is 10.9. The van der Waals surface area contributed by atoms with Gasteiger partial charge in [0.05, 0.1) is 17.8 Å². The second kappa shape index (κ2) is 4.13. The summed E-state index contributed by atoms with van der Waals surface area (Å²) in [6.45, 7) is 0. The van der Waals surface area contributed by atoms with Crippen molar-refractivity contribution in [2.24, 2.45) is 0 Å². The Hall–Kier alpha value is -1.56. The first-order valence-electron chi connectivity index (χ1n) is 4.24. The van der Waals surface area contributed by atoms with Crippen molar-refractivity contribution in [3.8, 4) is 5.69 Å². The molecule has 0 aliphatic carbocycles. The summed E-state index contributed by atoms with van der Waals surface area (Å²) >= 11 is 5.48. The smallest absolute Gasteiger partial charge is 0.196 e. The zero-order valence-electron chi connectivity index (χ0n) is 7.79. The van der Waals surface area contributed by atoms with Gasteiger partial charge in [-0.1, -0.05) is 5.21 Å². The predicted octanol–water partition coefficient (Wildman–Crippen LogP) is 2.42. The predicted molar refractivity (Wildman–Crippen MR) is 50.8 cm³/mol. The first-order valence-corrected chi connectivity index (χ1v) is 4.78. The summed E-state index contributed by atoms with van der Waals surface area (Å²) in [5.41, 5.74) is 0.188. The molecule has 0 aliphatic heterocycles. The normalized spacial score (nSPS) is 10.8. The molecule has 3 nitrogen and oxygen atoms in total. The summed E-state index contributed by atoms with van der Waals surface area (Å²) in [5.74, 6) is -4.00. The second-order valence-corrected chi connectivity index (χ2v) is 3.25. The summed E-state index contributed by atoms with van der Waals surface area (Å²) in [6.07, 6.45) is 1.34. The second-order valence-electron chi connectivity index (χ2n) is 2.98. The fourth-order valence-electron chi connectivity index (χ4n) is 1.17. The van der Waals surface area contributed by atoms with Crippen molar-refractivity contribution in [2.45, 2.75) is 5.88 Å². The Morgan fingerprint density at radius 2 is 1.94 bits per heavy atom. The number of alkyl halides is 1. The van der Waals surface area contributed by atoms with Gasteiger partial charge in [-0.05, 0) is 12.1 Å². The van der Waals surface area contributed by atoms with Crippen LogP contribution >= 0.6 is 11.6 Å². The fourth-order valence-corrected chi connectivity index (χ4v) is 1.29. The lowest BCUT2D eigenvalue weighted by atomic mass is 10.3. The van der Waals surface area contributed by atoms with E-state index in [2.05, 4.69) is 10.3 Å². The summed E-state index contributed by atoms with van der Waals surface area (Å²) in [4.78, 5) is 0. The van der Waals surface area contributed by atoms with Gasteiger partial charge < -0.3 is 0 Å². The van der Waals surface area contributed by atoms with Gasteiger partial charge in [0.1, 0.15) is 5.69 Å². The van der Waals surface area contributed by atoms with Crippen LogP contribution in [-0.2, 0) is 5.88 Å². The molecular formula is C9H5ClF3N3. The van der Waals surface area contributed by atoms with E-state index in [0.717, 1.165) is 16.8 Å². The van der Waals surface area contributed by atoms with Gasteiger partial charge >= 0.3 is 0 Å². The molecule has 0 amide bonds. The Balaban J connectivity index is 2.52. The molecule has 0 atom stereocenters. The molecule has 0 bridgehead atoms. The number of aromatic nitrogens is 3. The third kappa shape index (κ3) is 1.76. The van der Waals surface area contributed by atoms with E-state index in [9.17, 15) is 13.2 Å². The van der Waals surface area contributed by atoms with Gasteiger partial charge in [0.25, 0.3) is 0 Å². The van der Waals surface area contributed by atoms with Crippen LogP contribution in [0.5, 0.6) is 0 Å². The number of nitrogens with zero attached hydrogens (tertiary/aromatic N) is 3. The van der Waals surface area contributed by atoms with Gasteiger partial charge in [0, 0.05) is 0 Å². The minimum atomic E-state index is -1.54. The first-order chi connectivity index (χ1) is 7.63. The van der Waals surface area contributed by atoms with E-state index in [4.69, 9.17) is 11.6 Å². The summed E-state index contributed by atoms with van der Waals surface area (Å²) in [5, 5.41) is 7.14. The van der Waals surface area contributed by atoms with Crippen LogP contribution in [0.15, 0.2) is 18.3 Å². The molecule has 0 aliphatic rings. The minimum absolute atomic E-state index is 0.102. The van der Waals surface area contributed by atoms with Crippen molar-refractivity contribution in [1.29, 1.82) is 0 Å². The fraction of sp³-hybridized carbons (Fsp3) is 0.111. The van der Waals surface area contributed by atoms with Crippen LogP contribution in [0.2, 0.25) is 0 Å². The van der Waals surface area contributed by atoms with Crippen LogP contribution in [0, 0.1) is 17.5 Å². The van der Waals surface area contributed by atoms with Crippen molar-refractivity contribution in [2.75, 3.05) is 0 Å².